The average Bonchev–Trinajstić information content (AvgIpc) is 2.58. The summed E-state index contributed by atoms with van der Waals surface area (Å²) in [4.78, 5) is 16.2. The minimum absolute atomic E-state index is 0.189. The number of fused-ring (bicyclic) bond motifs is 1. The van der Waals surface area contributed by atoms with E-state index in [0.29, 0.717) is 0 Å². The molecule has 88 valence electrons. The fourth-order valence-corrected chi connectivity index (χ4v) is 3.19. The van der Waals surface area contributed by atoms with E-state index >= 15 is 0 Å². The lowest BCUT2D eigenvalue weighted by Crippen LogP contribution is -2.33. The second kappa shape index (κ2) is 3.88. The van der Waals surface area contributed by atoms with Gasteiger partial charge in [-0.05, 0) is 23.5 Å². The Hall–Kier alpha value is -0.830. The molecule has 1 aromatic rings. The minimum Gasteiger partial charge on any atom is -0.338 e. The molecule has 2 rings (SSSR count). The van der Waals surface area contributed by atoms with Crippen molar-refractivity contribution in [3.05, 3.63) is 21.4 Å². The molecule has 0 saturated carbocycles. The lowest BCUT2D eigenvalue weighted by atomic mass is 9.93. The number of hydrogen-bond donors (Lipinski definition) is 0. The van der Waals surface area contributed by atoms with Crippen LogP contribution in [0.1, 0.15) is 43.0 Å². The maximum Gasteiger partial charge on any atom is 0.219 e. The van der Waals surface area contributed by atoms with Gasteiger partial charge in [-0.2, -0.15) is 0 Å². The van der Waals surface area contributed by atoms with Gasteiger partial charge in [-0.25, -0.2) is 0 Å². The molecule has 2 heterocycles. The maximum absolute atomic E-state index is 11.3. The molecule has 1 aliphatic rings. The van der Waals surface area contributed by atoms with Gasteiger partial charge in [-0.3, -0.25) is 4.79 Å². The van der Waals surface area contributed by atoms with Crippen molar-refractivity contribution in [1.29, 1.82) is 0 Å². The number of rotatable bonds is 0. The van der Waals surface area contributed by atoms with Crippen LogP contribution in [0.25, 0.3) is 0 Å². The Balaban J connectivity index is 2.27. The second-order valence-corrected chi connectivity index (χ2v) is 6.64. The first kappa shape index (κ1) is 11.6. The molecule has 0 saturated heterocycles. The third-order valence-corrected chi connectivity index (χ3v) is 4.71. The zero-order valence-corrected chi connectivity index (χ0v) is 11.3. The molecule has 0 radical (unpaired) electrons. The quantitative estimate of drug-likeness (QED) is 0.679. The normalized spacial score (nSPS) is 16.1. The Bertz CT molecular complexity index is 414. The van der Waals surface area contributed by atoms with Crippen molar-refractivity contribution in [2.75, 3.05) is 6.54 Å². The molecule has 0 spiro atoms. The summed E-state index contributed by atoms with van der Waals surface area (Å²) in [6, 6.07) is 2.29. The lowest BCUT2D eigenvalue weighted by molar-refractivity contribution is -0.129. The van der Waals surface area contributed by atoms with Crippen LogP contribution in [-0.4, -0.2) is 17.4 Å². The Morgan fingerprint density at radius 3 is 2.69 bits per heavy atom. The number of nitrogens with zero attached hydrogens (tertiary/aromatic N) is 1. The summed E-state index contributed by atoms with van der Waals surface area (Å²) in [5.41, 5.74) is 1.58. The molecule has 0 atom stereocenters. The summed E-state index contributed by atoms with van der Waals surface area (Å²) in [7, 11) is 0. The van der Waals surface area contributed by atoms with Gasteiger partial charge in [0.2, 0.25) is 5.91 Å². The summed E-state index contributed by atoms with van der Waals surface area (Å²) in [6.07, 6.45) is 1.02. The van der Waals surface area contributed by atoms with Crippen LogP contribution in [0, 0.1) is 0 Å². The van der Waals surface area contributed by atoms with Gasteiger partial charge in [0.15, 0.2) is 0 Å². The van der Waals surface area contributed by atoms with Crippen LogP contribution in [0.4, 0.5) is 0 Å². The van der Waals surface area contributed by atoms with E-state index in [9.17, 15) is 4.79 Å². The van der Waals surface area contributed by atoms with Gasteiger partial charge in [0.05, 0.1) is 0 Å². The molecule has 0 N–H and O–H groups in total. The molecule has 1 aliphatic heterocycles. The van der Waals surface area contributed by atoms with E-state index in [1.165, 1.54) is 15.3 Å². The summed E-state index contributed by atoms with van der Waals surface area (Å²) in [5, 5.41) is 0. The highest BCUT2D eigenvalue weighted by atomic mass is 32.1. The van der Waals surface area contributed by atoms with Gasteiger partial charge in [-0.15, -0.1) is 11.3 Å². The highest BCUT2D eigenvalue weighted by molar-refractivity contribution is 7.12. The van der Waals surface area contributed by atoms with E-state index in [2.05, 4.69) is 26.8 Å². The zero-order valence-electron chi connectivity index (χ0n) is 10.5. The topological polar surface area (TPSA) is 20.3 Å². The van der Waals surface area contributed by atoms with Crippen LogP contribution in [0.2, 0.25) is 0 Å². The van der Waals surface area contributed by atoms with E-state index < -0.39 is 0 Å². The third-order valence-electron chi connectivity index (χ3n) is 3.05. The molecule has 0 aromatic carbocycles. The van der Waals surface area contributed by atoms with Crippen molar-refractivity contribution in [2.24, 2.45) is 0 Å². The molecule has 1 amide bonds. The Labute approximate surface area is 101 Å². The SMILES string of the molecule is CC(=O)N1CCc2sc(C(C)(C)C)cc2C1. The van der Waals surface area contributed by atoms with Crippen molar-refractivity contribution in [1.82, 2.24) is 4.90 Å². The van der Waals surface area contributed by atoms with E-state index in [0.717, 1.165) is 19.5 Å². The fraction of sp³-hybridized carbons (Fsp3) is 0.615. The second-order valence-electron chi connectivity index (χ2n) is 5.50. The van der Waals surface area contributed by atoms with Crippen molar-refractivity contribution in [3.8, 4) is 0 Å². The Morgan fingerprint density at radius 2 is 2.12 bits per heavy atom. The van der Waals surface area contributed by atoms with Gasteiger partial charge in [0.1, 0.15) is 0 Å². The fourth-order valence-electron chi connectivity index (χ4n) is 1.97. The average molecular weight is 237 g/mol. The van der Waals surface area contributed by atoms with Gasteiger partial charge < -0.3 is 4.90 Å². The van der Waals surface area contributed by atoms with Crippen molar-refractivity contribution < 1.29 is 4.79 Å². The monoisotopic (exact) mass is 237 g/mol. The van der Waals surface area contributed by atoms with Crippen molar-refractivity contribution in [3.63, 3.8) is 0 Å². The standard InChI is InChI=1S/C13H19NOS/c1-9(15)14-6-5-11-10(8-14)7-12(16-11)13(2,3)4/h7H,5-6,8H2,1-4H3. The van der Waals surface area contributed by atoms with Crippen LogP contribution in [0.15, 0.2) is 6.07 Å². The molecule has 0 fully saturated rings. The summed E-state index contributed by atoms with van der Waals surface area (Å²) < 4.78 is 0. The third kappa shape index (κ3) is 2.14. The molecule has 16 heavy (non-hydrogen) atoms. The van der Waals surface area contributed by atoms with Crippen LogP contribution < -0.4 is 0 Å². The van der Waals surface area contributed by atoms with E-state index in [1.54, 1.807) is 6.92 Å². The first-order valence-corrected chi connectivity index (χ1v) is 6.57. The van der Waals surface area contributed by atoms with Gasteiger partial charge in [-0.1, -0.05) is 20.8 Å². The molecule has 3 heteroatoms. The summed E-state index contributed by atoms with van der Waals surface area (Å²) in [5.74, 6) is 0.189. The first-order valence-electron chi connectivity index (χ1n) is 5.75. The molecule has 2 nitrogen and oxygen atoms in total. The van der Waals surface area contributed by atoms with Gasteiger partial charge in [0.25, 0.3) is 0 Å². The predicted octanol–water partition coefficient (Wildman–Crippen LogP) is 2.95. The molecule has 0 bridgehead atoms. The molecular formula is C13H19NOS. The maximum atomic E-state index is 11.3. The highest BCUT2D eigenvalue weighted by Gasteiger charge is 2.24. The Kier molecular flexibility index (Phi) is 2.82. The van der Waals surface area contributed by atoms with Crippen molar-refractivity contribution >= 4 is 17.2 Å². The number of hydrogen-bond acceptors (Lipinski definition) is 2. The van der Waals surface area contributed by atoms with Crippen LogP contribution >= 0.6 is 11.3 Å². The number of carbonyl (C=O) groups is 1. The predicted molar refractivity (Wildman–Crippen MR) is 67.8 cm³/mol. The molecule has 1 aromatic heterocycles. The van der Waals surface area contributed by atoms with Crippen LogP contribution in [0.3, 0.4) is 0 Å². The number of thiophene rings is 1. The van der Waals surface area contributed by atoms with E-state index in [1.807, 2.05) is 16.2 Å². The lowest BCUT2D eigenvalue weighted by Gasteiger charge is -2.25. The Morgan fingerprint density at radius 1 is 1.44 bits per heavy atom. The molecular weight excluding hydrogens is 218 g/mol. The van der Waals surface area contributed by atoms with Gasteiger partial charge in [0, 0.05) is 29.8 Å². The zero-order chi connectivity index (χ0) is 11.9. The van der Waals surface area contributed by atoms with E-state index in [4.69, 9.17) is 0 Å². The van der Waals surface area contributed by atoms with E-state index in [-0.39, 0.29) is 11.3 Å². The largest absolute Gasteiger partial charge is 0.338 e. The van der Waals surface area contributed by atoms with Gasteiger partial charge >= 0.3 is 0 Å². The van der Waals surface area contributed by atoms with Crippen LogP contribution in [-0.2, 0) is 23.2 Å². The number of carbonyl (C=O) groups excluding carboxylic acids is 1. The highest BCUT2D eigenvalue weighted by Crippen LogP contribution is 2.35. The minimum atomic E-state index is 0.189. The summed E-state index contributed by atoms with van der Waals surface area (Å²) in [6.45, 7) is 10.1. The smallest absolute Gasteiger partial charge is 0.219 e. The molecule has 0 aliphatic carbocycles. The van der Waals surface area contributed by atoms with Crippen LogP contribution in [0.5, 0.6) is 0 Å². The molecule has 0 unspecified atom stereocenters. The summed E-state index contributed by atoms with van der Waals surface area (Å²) >= 11 is 1.92. The van der Waals surface area contributed by atoms with Crippen molar-refractivity contribution in [2.45, 2.75) is 46.1 Å². The number of amides is 1. The first-order chi connectivity index (χ1) is 7.38.